The van der Waals surface area contributed by atoms with Gasteiger partial charge in [-0.1, -0.05) is 50.9 Å². The Morgan fingerprint density at radius 1 is 0.750 bits per heavy atom. The van der Waals surface area contributed by atoms with E-state index in [1.165, 1.54) is 0 Å². The van der Waals surface area contributed by atoms with Gasteiger partial charge in [0.15, 0.2) is 23.3 Å². The number of rotatable bonds is 14. The number of nitrogens with zero attached hydrogens (tertiary/aromatic N) is 1. The highest BCUT2D eigenvalue weighted by atomic mass is 127. The second kappa shape index (κ2) is 20.8. The van der Waals surface area contributed by atoms with Gasteiger partial charge in [-0.05, 0) is 112 Å². The van der Waals surface area contributed by atoms with Gasteiger partial charge in [0.25, 0.3) is 11.8 Å². The molecule has 0 aliphatic rings. The van der Waals surface area contributed by atoms with E-state index in [1.807, 2.05) is 6.07 Å². The fraction of sp³-hybridized carbons (Fsp3) is 0.297. The minimum atomic E-state index is -1.27. The normalized spacial score (nSPS) is 11.4. The molecule has 4 aromatic carbocycles. The van der Waals surface area contributed by atoms with Crippen molar-refractivity contribution in [2.75, 3.05) is 37.1 Å². The summed E-state index contributed by atoms with van der Waals surface area (Å²) in [6.45, 7) is 8.26. The van der Waals surface area contributed by atoms with Crippen LogP contribution < -0.4 is 16.1 Å². The number of hydroxylamine groups is 2. The molecule has 0 heterocycles. The predicted octanol–water partition coefficient (Wildman–Crippen LogP) is 10.5. The molecule has 0 unspecified atom stereocenters. The van der Waals surface area contributed by atoms with Crippen molar-refractivity contribution in [1.29, 1.82) is 0 Å². The first-order valence-corrected chi connectivity index (χ1v) is 19.5. The molecule has 0 bridgehead atoms. The van der Waals surface area contributed by atoms with Gasteiger partial charge in [0.2, 0.25) is 0 Å². The molecule has 4 rings (SSSR count). The molecule has 0 spiro atoms. The van der Waals surface area contributed by atoms with Crippen LogP contribution in [0, 0.1) is 48.2 Å². The molecular formula is C37H37Cl3F4I2N4O6. The van der Waals surface area contributed by atoms with Crippen LogP contribution in [0.2, 0.25) is 10.0 Å². The molecule has 304 valence electrons. The quantitative estimate of drug-likeness (QED) is 0.0277. The van der Waals surface area contributed by atoms with Crippen molar-refractivity contribution in [2.24, 2.45) is 10.8 Å². The molecule has 0 radical (unpaired) electrons. The Morgan fingerprint density at radius 2 is 1.30 bits per heavy atom. The average molecular weight is 1070 g/mol. The highest BCUT2D eigenvalue weighted by molar-refractivity contribution is 14.1. The number of nitrogens with one attached hydrogen (secondary N) is 3. The van der Waals surface area contributed by atoms with Crippen molar-refractivity contribution in [3.8, 4) is 0 Å². The van der Waals surface area contributed by atoms with Crippen LogP contribution in [0.1, 0.15) is 54.0 Å². The molecule has 10 nitrogen and oxygen atoms in total. The summed E-state index contributed by atoms with van der Waals surface area (Å²) < 4.78 is 59.0. The van der Waals surface area contributed by atoms with E-state index in [-0.39, 0.29) is 54.0 Å². The van der Waals surface area contributed by atoms with Gasteiger partial charge < -0.3 is 20.8 Å². The Labute approximate surface area is 363 Å². The monoisotopic (exact) mass is 1070 g/mol. The van der Waals surface area contributed by atoms with Crippen molar-refractivity contribution in [3.05, 3.63) is 112 Å². The van der Waals surface area contributed by atoms with Gasteiger partial charge in [0, 0.05) is 35.4 Å². The number of carbonyl (C=O) groups is 2. The third-order valence-corrected chi connectivity index (χ3v) is 9.76. The van der Waals surface area contributed by atoms with E-state index >= 15 is 0 Å². The molecule has 0 atom stereocenters. The number of aryl methyl sites for hydroxylation is 1. The lowest BCUT2D eigenvalue weighted by Gasteiger charge is -2.24. The van der Waals surface area contributed by atoms with Crippen LogP contribution in [0.25, 0.3) is 0 Å². The molecule has 0 fully saturated rings. The van der Waals surface area contributed by atoms with Crippen molar-refractivity contribution in [3.63, 3.8) is 0 Å². The van der Waals surface area contributed by atoms with Gasteiger partial charge in [0.1, 0.15) is 0 Å². The van der Waals surface area contributed by atoms with E-state index in [2.05, 4.69) is 61.3 Å². The number of hydrogen-bond donors (Lipinski definition) is 5. The van der Waals surface area contributed by atoms with Crippen LogP contribution in [0.4, 0.5) is 40.3 Å². The van der Waals surface area contributed by atoms with Crippen molar-refractivity contribution in [1.82, 2.24) is 10.1 Å². The standard InChI is InChI=1S/C19H20ClF2IN2O3.C18H17Cl2F2IN2O3/c1-10-6-11(23)4-5-14(10)24-17-12(7-13(20)15(21)16(17)22)18(27)25-28-9-19(2,3)8-26;1-18(2,8-26)9-28-25(20)17(27)11-4-5-13(21)15(22)16(11)24-14-6-3-10(23)7-12(14)19/h4-7,24,26H,8-9H2,1-3H3,(H,25,27);3-7,24,26H,8-9H2,1-2H3. The lowest BCUT2D eigenvalue weighted by atomic mass is 9.97. The van der Waals surface area contributed by atoms with E-state index in [9.17, 15) is 37.4 Å². The van der Waals surface area contributed by atoms with Gasteiger partial charge in [0.05, 0.1) is 64.7 Å². The van der Waals surface area contributed by atoms with E-state index in [1.54, 1.807) is 65.0 Å². The zero-order chi connectivity index (χ0) is 42.1. The summed E-state index contributed by atoms with van der Waals surface area (Å²) in [5.74, 6) is -6.67. The number of aliphatic hydroxyl groups excluding tert-OH is 2. The second-order valence-corrected chi connectivity index (χ2v) is 17.3. The molecule has 0 saturated carbocycles. The van der Waals surface area contributed by atoms with Gasteiger partial charge in [-0.3, -0.25) is 19.3 Å². The first-order chi connectivity index (χ1) is 26.1. The fourth-order valence-electron chi connectivity index (χ4n) is 4.20. The molecule has 56 heavy (non-hydrogen) atoms. The van der Waals surface area contributed by atoms with Crippen LogP contribution >= 0.6 is 80.2 Å². The number of aliphatic hydroxyl groups is 2. The van der Waals surface area contributed by atoms with Crippen molar-refractivity contribution < 1.29 is 47.0 Å². The van der Waals surface area contributed by atoms with E-state index in [0.29, 0.717) is 10.3 Å². The lowest BCUT2D eigenvalue weighted by molar-refractivity contribution is -0.0967. The minimum Gasteiger partial charge on any atom is -0.396 e. The molecular weight excluding hydrogens is 1030 g/mol. The number of halogens is 9. The van der Waals surface area contributed by atoms with E-state index in [0.717, 1.165) is 30.9 Å². The molecule has 0 aromatic heterocycles. The van der Waals surface area contributed by atoms with Gasteiger partial charge in [-0.2, -0.15) is 0 Å². The van der Waals surface area contributed by atoms with Gasteiger partial charge in [-0.15, -0.1) is 4.58 Å². The Hall–Kier alpha value is -2.69. The van der Waals surface area contributed by atoms with Crippen LogP contribution in [0.5, 0.6) is 0 Å². The summed E-state index contributed by atoms with van der Waals surface area (Å²) >= 11 is 21.9. The first-order valence-electron chi connectivity index (χ1n) is 16.3. The minimum absolute atomic E-state index is 0.0195. The molecule has 19 heteroatoms. The molecule has 5 N–H and O–H groups in total. The maximum Gasteiger partial charge on any atom is 0.295 e. The second-order valence-electron chi connectivity index (χ2n) is 13.7. The summed E-state index contributed by atoms with van der Waals surface area (Å²) in [4.78, 5) is 35.4. The number of benzene rings is 4. The number of anilines is 4. The van der Waals surface area contributed by atoms with E-state index in [4.69, 9.17) is 44.7 Å². The highest BCUT2D eigenvalue weighted by Gasteiger charge is 2.27. The Kier molecular flexibility index (Phi) is 17.7. The summed E-state index contributed by atoms with van der Waals surface area (Å²) in [6.07, 6.45) is 0. The Balaban J connectivity index is 0.000000300. The zero-order valence-electron chi connectivity index (χ0n) is 30.4. The van der Waals surface area contributed by atoms with Crippen molar-refractivity contribution in [2.45, 2.75) is 34.6 Å². The van der Waals surface area contributed by atoms with Crippen LogP contribution in [-0.4, -0.2) is 53.0 Å². The number of carbonyl (C=O) groups excluding carboxylic acids is 2. The fourth-order valence-corrected chi connectivity index (χ4v) is 6.08. The average Bonchev–Trinajstić information content (AvgIpc) is 3.14. The summed E-state index contributed by atoms with van der Waals surface area (Å²) in [5.41, 5.74) is 1.25. The summed E-state index contributed by atoms with van der Waals surface area (Å²) in [6, 6.07) is 13.2. The SMILES string of the molecule is CC(C)(CO)CON(Cl)C(=O)c1ccc(F)c(F)c1Nc1ccc(I)cc1Cl.Cc1cc(I)ccc1Nc1c(C(=O)NOCC(C)(C)CO)cc(Cl)c(F)c1F. The number of hydrogen-bond acceptors (Lipinski definition) is 8. The number of amides is 2. The maximum atomic E-state index is 14.6. The van der Waals surface area contributed by atoms with Crippen molar-refractivity contribution >= 4 is 115 Å². The third-order valence-electron chi connectivity index (χ3n) is 7.58. The molecule has 0 saturated heterocycles. The predicted molar refractivity (Wildman–Crippen MR) is 225 cm³/mol. The molecule has 0 aliphatic heterocycles. The largest absolute Gasteiger partial charge is 0.396 e. The van der Waals surface area contributed by atoms with Gasteiger partial charge >= 0.3 is 0 Å². The topological polar surface area (TPSA) is 132 Å². The third kappa shape index (κ3) is 13.2. The Morgan fingerprint density at radius 3 is 1.89 bits per heavy atom. The van der Waals surface area contributed by atoms with Crippen LogP contribution in [0.3, 0.4) is 0 Å². The van der Waals surface area contributed by atoms with Crippen LogP contribution in [0.15, 0.2) is 54.6 Å². The van der Waals surface area contributed by atoms with Crippen LogP contribution in [-0.2, 0) is 9.68 Å². The smallest absolute Gasteiger partial charge is 0.295 e. The zero-order valence-corrected chi connectivity index (χ0v) is 37.0. The Bertz CT molecular complexity index is 2070. The maximum absolute atomic E-state index is 14.6. The summed E-state index contributed by atoms with van der Waals surface area (Å²) in [7, 11) is 0. The first kappa shape index (κ1) is 47.7. The molecule has 2 amide bonds. The lowest BCUT2D eigenvalue weighted by Crippen LogP contribution is -2.32. The molecule has 0 aliphatic carbocycles. The molecule has 4 aromatic rings. The summed E-state index contributed by atoms with van der Waals surface area (Å²) in [5, 5.41) is 23.6. The highest BCUT2D eigenvalue weighted by Crippen LogP contribution is 2.34. The van der Waals surface area contributed by atoms with E-state index < -0.39 is 56.6 Å². The van der Waals surface area contributed by atoms with Gasteiger partial charge in [-0.25, -0.2) is 23.0 Å².